The third-order valence-electron chi connectivity index (χ3n) is 2.01. The molecule has 0 aromatic rings. The first-order valence-corrected chi connectivity index (χ1v) is 5.06. The van der Waals surface area contributed by atoms with Gasteiger partial charge in [-0.25, -0.2) is 0 Å². The van der Waals surface area contributed by atoms with Crippen LogP contribution < -0.4 is 0 Å². The second kappa shape index (κ2) is 4.00. The number of hydrogen-bond donors (Lipinski definition) is 1. The highest BCUT2D eigenvalue weighted by atomic mass is 32.2. The Hall–Kier alpha value is -0.710. The van der Waals surface area contributed by atoms with E-state index in [1.165, 1.54) is 16.7 Å². The van der Waals surface area contributed by atoms with Gasteiger partial charge < -0.3 is 10.0 Å². The van der Waals surface area contributed by atoms with Gasteiger partial charge in [0.25, 0.3) is 0 Å². The van der Waals surface area contributed by atoms with Crippen LogP contribution in [0.4, 0.5) is 0 Å². The van der Waals surface area contributed by atoms with Crippen LogP contribution in [0.25, 0.3) is 0 Å². The lowest BCUT2D eigenvalue weighted by Gasteiger charge is -2.14. The van der Waals surface area contributed by atoms with Crippen LogP contribution in [0.5, 0.6) is 0 Å². The highest BCUT2D eigenvalue weighted by Crippen LogP contribution is 2.34. The number of thioether (sulfide) groups is 1. The van der Waals surface area contributed by atoms with Gasteiger partial charge in [-0.05, 0) is 12.8 Å². The van der Waals surface area contributed by atoms with Crippen LogP contribution in [-0.2, 0) is 9.59 Å². The molecule has 74 valence electrons. The highest BCUT2D eigenvalue weighted by molar-refractivity contribution is 8.02. The Morgan fingerprint density at radius 2 is 1.85 bits per heavy atom. The third-order valence-corrected chi connectivity index (χ3v) is 3.54. The van der Waals surface area contributed by atoms with E-state index in [1.807, 2.05) is 0 Å². The van der Waals surface area contributed by atoms with Crippen molar-refractivity contribution in [3.8, 4) is 0 Å². The maximum atomic E-state index is 11.4. The Bertz CT molecular complexity index is 229. The predicted octanol–water partition coefficient (Wildman–Crippen LogP) is 0.423. The molecular weight excluding hydrogens is 190 g/mol. The molecule has 0 saturated carbocycles. The summed E-state index contributed by atoms with van der Waals surface area (Å²) in [5.74, 6) is -0.784. The maximum absolute atomic E-state index is 11.4. The fourth-order valence-corrected chi connectivity index (χ4v) is 2.67. The number of carboxylic acids is 1. The number of nitrogens with zero attached hydrogens (tertiary/aromatic N) is 1. The van der Waals surface area contributed by atoms with Crippen LogP contribution in [-0.4, -0.2) is 46.5 Å². The first kappa shape index (κ1) is 10.4. The molecule has 0 aromatic heterocycles. The first-order chi connectivity index (χ1) is 6.02. The molecular formula is C8H13NO3S. The van der Waals surface area contributed by atoms with E-state index < -0.39 is 11.2 Å². The predicted molar refractivity (Wildman–Crippen MR) is 50.7 cm³/mol. The number of hydrogen-bond acceptors (Lipinski definition) is 3. The number of carbonyl (C=O) groups excluding carboxylic acids is 1. The standard InChI is InChI=1S/C8H13NO3S/c1-9(2)7(10)5-3-4-6(13-5)8(11)12/h5-6H,3-4H2,1-2H3,(H,11,12)/t5-,6+/m0/s1. The molecule has 1 saturated heterocycles. The Kier molecular flexibility index (Phi) is 3.19. The Morgan fingerprint density at radius 3 is 2.23 bits per heavy atom. The van der Waals surface area contributed by atoms with Gasteiger partial charge in [-0.15, -0.1) is 11.8 Å². The Balaban J connectivity index is 2.50. The van der Waals surface area contributed by atoms with Gasteiger partial charge in [0.15, 0.2) is 0 Å². The van der Waals surface area contributed by atoms with E-state index in [4.69, 9.17) is 5.11 Å². The number of carboxylic acid groups (broad SMARTS) is 1. The van der Waals surface area contributed by atoms with Crippen molar-refractivity contribution in [3.05, 3.63) is 0 Å². The van der Waals surface area contributed by atoms with Crippen LogP contribution in [0.2, 0.25) is 0 Å². The molecule has 1 aliphatic heterocycles. The molecule has 1 rings (SSSR count). The summed E-state index contributed by atoms with van der Waals surface area (Å²) in [7, 11) is 3.38. The van der Waals surface area contributed by atoms with Crippen LogP contribution in [0.3, 0.4) is 0 Å². The van der Waals surface area contributed by atoms with Gasteiger partial charge in [0, 0.05) is 14.1 Å². The lowest BCUT2D eigenvalue weighted by Crippen LogP contribution is -2.30. The molecule has 0 aromatic carbocycles. The molecule has 2 atom stereocenters. The van der Waals surface area contributed by atoms with Crippen molar-refractivity contribution in [2.75, 3.05) is 14.1 Å². The van der Waals surface area contributed by atoms with Gasteiger partial charge in [0.05, 0.1) is 5.25 Å². The van der Waals surface area contributed by atoms with Crippen molar-refractivity contribution in [2.45, 2.75) is 23.3 Å². The maximum Gasteiger partial charge on any atom is 0.316 e. The van der Waals surface area contributed by atoms with Gasteiger partial charge >= 0.3 is 5.97 Å². The van der Waals surface area contributed by atoms with Crippen molar-refractivity contribution < 1.29 is 14.7 Å². The van der Waals surface area contributed by atoms with E-state index in [0.717, 1.165) is 0 Å². The Morgan fingerprint density at radius 1 is 1.31 bits per heavy atom. The fourth-order valence-electron chi connectivity index (χ4n) is 1.29. The molecule has 4 nitrogen and oxygen atoms in total. The molecule has 1 heterocycles. The van der Waals surface area contributed by atoms with Crippen LogP contribution in [0.1, 0.15) is 12.8 Å². The minimum atomic E-state index is -0.806. The molecule has 0 bridgehead atoms. The molecule has 0 aliphatic carbocycles. The van der Waals surface area contributed by atoms with Gasteiger partial charge in [-0.2, -0.15) is 0 Å². The van der Waals surface area contributed by atoms with Crippen molar-refractivity contribution in [2.24, 2.45) is 0 Å². The summed E-state index contributed by atoms with van der Waals surface area (Å²) in [5, 5.41) is 8.15. The van der Waals surface area contributed by atoms with Crippen LogP contribution >= 0.6 is 11.8 Å². The topological polar surface area (TPSA) is 57.6 Å². The molecule has 0 spiro atoms. The highest BCUT2D eigenvalue weighted by Gasteiger charge is 2.35. The summed E-state index contributed by atoms with van der Waals surface area (Å²) in [6.07, 6.45) is 1.28. The molecule has 0 radical (unpaired) electrons. The number of rotatable bonds is 2. The molecule has 1 fully saturated rings. The number of amides is 1. The van der Waals surface area contributed by atoms with Crippen LogP contribution in [0, 0.1) is 0 Å². The second-order valence-corrected chi connectivity index (χ2v) is 4.67. The zero-order valence-electron chi connectivity index (χ0n) is 7.69. The smallest absolute Gasteiger partial charge is 0.316 e. The molecule has 1 amide bonds. The summed E-state index contributed by atoms with van der Waals surface area (Å²) < 4.78 is 0. The van der Waals surface area contributed by atoms with E-state index in [1.54, 1.807) is 14.1 Å². The zero-order valence-corrected chi connectivity index (χ0v) is 8.50. The van der Waals surface area contributed by atoms with E-state index in [2.05, 4.69) is 0 Å². The number of carbonyl (C=O) groups is 2. The molecule has 1 aliphatic rings. The average Bonchev–Trinajstić information content (AvgIpc) is 2.50. The summed E-state index contributed by atoms with van der Waals surface area (Å²) in [6.45, 7) is 0. The van der Waals surface area contributed by atoms with Gasteiger partial charge in [-0.3, -0.25) is 9.59 Å². The van der Waals surface area contributed by atoms with Crippen LogP contribution in [0.15, 0.2) is 0 Å². The lowest BCUT2D eigenvalue weighted by atomic mass is 10.2. The largest absolute Gasteiger partial charge is 0.480 e. The fraction of sp³-hybridized carbons (Fsp3) is 0.750. The van der Waals surface area contributed by atoms with E-state index in [0.29, 0.717) is 12.8 Å². The lowest BCUT2D eigenvalue weighted by molar-refractivity contribution is -0.136. The zero-order chi connectivity index (χ0) is 10.0. The monoisotopic (exact) mass is 203 g/mol. The molecule has 0 unspecified atom stereocenters. The van der Waals surface area contributed by atoms with Gasteiger partial charge in [-0.1, -0.05) is 0 Å². The van der Waals surface area contributed by atoms with Crippen molar-refractivity contribution in [1.29, 1.82) is 0 Å². The average molecular weight is 203 g/mol. The quantitative estimate of drug-likeness (QED) is 0.706. The Labute approximate surface area is 81.3 Å². The summed E-state index contributed by atoms with van der Waals surface area (Å²) in [4.78, 5) is 23.5. The van der Waals surface area contributed by atoms with Gasteiger partial charge in [0.2, 0.25) is 5.91 Å². The summed E-state index contributed by atoms with van der Waals surface area (Å²) in [6, 6.07) is 0. The van der Waals surface area contributed by atoms with E-state index in [-0.39, 0.29) is 11.2 Å². The molecule has 13 heavy (non-hydrogen) atoms. The van der Waals surface area contributed by atoms with Crippen molar-refractivity contribution in [1.82, 2.24) is 4.90 Å². The van der Waals surface area contributed by atoms with Crippen molar-refractivity contribution >= 4 is 23.6 Å². The minimum absolute atomic E-state index is 0.0220. The van der Waals surface area contributed by atoms with E-state index >= 15 is 0 Å². The van der Waals surface area contributed by atoms with Gasteiger partial charge in [0.1, 0.15) is 5.25 Å². The molecule has 1 N–H and O–H groups in total. The SMILES string of the molecule is CN(C)C(=O)[C@@H]1CC[C@H](C(=O)O)S1. The minimum Gasteiger partial charge on any atom is -0.480 e. The summed E-state index contributed by atoms with van der Waals surface area (Å²) in [5.41, 5.74) is 0. The third kappa shape index (κ3) is 2.37. The summed E-state index contributed by atoms with van der Waals surface area (Å²) >= 11 is 1.26. The van der Waals surface area contributed by atoms with Crippen molar-refractivity contribution in [3.63, 3.8) is 0 Å². The first-order valence-electron chi connectivity index (χ1n) is 4.12. The number of aliphatic carboxylic acids is 1. The second-order valence-electron chi connectivity index (χ2n) is 3.26. The normalized spacial score (nSPS) is 27.2. The van der Waals surface area contributed by atoms with E-state index in [9.17, 15) is 9.59 Å². The molecule has 5 heteroatoms.